The molecule has 0 saturated heterocycles. The molecule has 0 bridgehead atoms. The van der Waals surface area contributed by atoms with Crippen LogP contribution in [0.3, 0.4) is 0 Å². The summed E-state index contributed by atoms with van der Waals surface area (Å²) in [7, 11) is 0. The van der Waals surface area contributed by atoms with Crippen LogP contribution in [0.15, 0.2) is 30.5 Å². The van der Waals surface area contributed by atoms with E-state index in [1.54, 1.807) is 0 Å². The Labute approximate surface area is 110 Å². The third kappa shape index (κ3) is 2.71. The molecule has 2 N–H and O–H groups in total. The van der Waals surface area contributed by atoms with E-state index in [4.69, 9.17) is 5.73 Å². The molecule has 2 rings (SSSR count). The Morgan fingerprint density at radius 1 is 1.35 bits per heavy atom. The van der Waals surface area contributed by atoms with Crippen molar-refractivity contribution in [2.24, 2.45) is 0 Å². The lowest BCUT2D eigenvalue weighted by Crippen LogP contribution is -2.09. The fraction of sp³-hybridized carbons (Fsp3) is 0.182. The van der Waals surface area contributed by atoms with Crippen LogP contribution in [0.5, 0.6) is 0 Å². The molecule has 0 aliphatic heterocycles. The van der Waals surface area contributed by atoms with Crippen molar-refractivity contribution in [2.45, 2.75) is 12.7 Å². The fourth-order valence-corrected chi connectivity index (χ4v) is 1.67. The minimum atomic E-state index is -4.53. The molecule has 2 aromatic rings. The van der Waals surface area contributed by atoms with Gasteiger partial charge in [-0.1, -0.05) is 12.1 Å². The summed E-state index contributed by atoms with van der Waals surface area (Å²) in [4.78, 5) is 10.1. The number of nitrogen functional groups attached to an aromatic ring is 1. The second kappa shape index (κ2) is 4.83. The van der Waals surface area contributed by atoms with Crippen LogP contribution in [0, 0.1) is 10.1 Å². The van der Waals surface area contributed by atoms with Gasteiger partial charge in [0.1, 0.15) is 5.69 Å². The summed E-state index contributed by atoms with van der Waals surface area (Å²) < 4.78 is 38.2. The molecule has 0 unspecified atom stereocenters. The first kappa shape index (κ1) is 13.8. The van der Waals surface area contributed by atoms with Crippen LogP contribution < -0.4 is 5.73 Å². The van der Waals surface area contributed by atoms with Gasteiger partial charge >= 0.3 is 6.18 Å². The lowest BCUT2D eigenvalue weighted by atomic mass is 10.1. The van der Waals surface area contributed by atoms with Crippen LogP contribution in [0.25, 0.3) is 0 Å². The Kier molecular flexibility index (Phi) is 3.35. The highest BCUT2D eigenvalue weighted by Gasteiger charge is 2.33. The topological polar surface area (TPSA) is 87.0 Å². The van der Waals surface area contributed by atoms with Gasteiger partial charge in [-0.2, -0.15) is 18.3 Å². The summed E-state index contributed by atoms with van der Waals surface area (Å²) in [5, 5.41) is 14.1. The molecule has 1 aromatic carbocycles. The Balaban J connectivity index is 2.29. The molecule has 20 heavy (non-hydrogen) atoms. The van der Waals surface area contributed by atoms with Gasteiger partial charge in [0, 0.05) is 17.8 Å². The lowest BCUT2D eigenvalue weighted by molar-refractivity contribution is -0.383. The molecular formula is C11H9F3N4O2. The van der Waals surface area contributed by atoms with Gasteiger partial charge in [0.25, 0.3) is 5.69 Å². The number of rotatable bonds is 3. The predicted molar refractivity (Wildman–Crippen MR) is 63.8 cm³/mol. The number of hydrogen-bond acceptors (Lipinski definition) is 4. The van der Waals surface area contributed by atoms with Crippen molar-refractivity contribution in [1.29, 1.82) is 0 Å². The number of nitrogens with zero attached hydrogens (tertiary/aromatic N) is 3. The van der Waals surface area contributed by atoms with E-state index in [1.165, 1.54) is 18.2 Å². The zero-order chi connectivity index (χ0) is 14.9. The SMILES string of the molecule is Nc1c(Cn2ccc(C(F)(F)F)n2)cccc1[N+](=O)[O-]. The quantitative estimate of drug-likeness (QED) is 0.533. The highest BCUT2D eigenvalue weighted by molar-refractivity contribution is 5.62. The highest BCUT2D eigenvalue weighted by atomic mass is 19.4. The molecule has 0 aliphatic rings. The van der Waals surface area contributed by atoms with Gasteiger partial charge in [-0.05, 0) is 6.07 Å². The second-order valence-electron chi connectivity index (χ2n) is 4.00. The van der Waals surface area contributed by atoms with Gasteiger partial charge in [0.15, 0.2) is 5.69 Å². The van der Waals surface area contributed by atoms with Gasteiger partial charge in [-0.25, -0.2) is 0 Å². The first-order chi connectivity index (χ1) is 9.29. The molecule has 1 aromatic heterocycles. The molecule has 0 amide bonds. The number of nitrogens with two attached hydrogens (primary N) is 1. The normalized spacial score (nSPS) is 11.6. The van der Waals surface area contributed by atoms with Crippen molar-refractivity contribution in [2.75, 3.05) is 5.73 Å². The molecule has 0 spiro atoms. The number of hydrogen-bond donors (Lipinski definition) is 1. The molecule has 0 atom stereocenters. The monoisotopic (exact) mass is 286 g/mol. The summed E-state index contributed by atoms with van der Waals surface area (Å²) in [6.45, 7) is -0.0798. The van der Waals surface area contributed by atoms with E-state index in [0.29, 0.717) is 5.56 Å². The van der Waals surface area contributed by atoms with E-state index < -0.39 is 16.8 Å². The van der Waals surface area contributed by atoms with Gasteiger partial charge in [0.05, 0.1) is 11.5 Å². The number of para-hydroxylation sites is 1. The van der Waals surface area contributed by atoms with Gasteiger partial charge in [-0.15, -0.1) is 0 Å². The summed E-state index contributed by atoms with van der Waals surface area (Å²) in [5.41, 5.74) is 4.55. The first-order valence-corrected chi connectivity index (χ1v) is 5.41. The number of nitro groups is 1. The minimum Gasteiger partial charge on any atom is -0.393 e. The van der Waals surface area contributed by atoms with E-state index in [0.717, 1.165) is 16.9 Å². The lowest BCUT2D eigenvalue weighted by Gasteiger charge is -2.06. The van der Waals surface area contributed by atoms with Crippen LogP contribution in [0.1, 0.15) is 11.3 Å². The third-order valence-electron chi connectivity index (χ3n) is 2.63. The molecular weight excluding hydrogens is 277 g/mol. The van der Waals surface area contributed by atoms with Crippen LogP contribution in [0.2, 0.25) is 0 Å². The molecule has 0 aliphatic carbocycles. The fourth-order valence-electron chi connectivity index (χ4n) is 1.67. The molecule has 106 valence electrons. The number of anilines is 1. The van der Waals surface area contributed by atoms with E-state index in [-0.39, 0.29) is 17.9 Å². The van der Waals surface area contributed by atoms with Crippen LogP contribution in [-0.2, 0) is 12.7 Å². The van der Waals surface area contributed by atoms with Crippen molar-refractivity contribution in [1.82, 2.24) is 9.78 Å². The van der Waals surface area contributed by atoms with E-state index in [1.807, 2.05) is 0 Å². The third-order valence-corrected chi connectivity index (χ3v) is 2.63. The number of benzene rings is 1. The zero-order valence-corrected chi connectivity index (χ0v) is 9.96. The maximum Gasteiger partial charge on any atom is 0.435 e. The Hall–Kier alpha value is -2.58. The largest absolute Gasteiger partial charge is 0.435 e. The number of nitro benzene ring substituents is 1. The Morgan fingerprint density at radius 3 is 2.60 bits per heavy atom. The molecule has 1 heterocycles. The van der Waals surface area contributed by atoms with Crippen LogP contribution in [0.4, 0.5) is 24.5 Å². The summed E-state index contributed by atoms with van der Waals surface area (Å²) in [6, 6.07) is 4.96. The van der Waals surface area contributed by atoms with Crippen molar-refractivity contribution >= 4 is 11.4 Å². The van der Waals surface area contributed by atoms with Crippen molar-refractivity contribution in [3.63, 3.8) is 0 Å². The minimum absolute atomic E-state index is 0.0798. The molecule has 9 heteroatoms. The first-order valence-electron chi connectivity index (χ1n) is 5.41. The van der Waals surface area contributed by atoms with Crippen LogP contribution >= 0.6 is 0 Å². The Bertz CT molecular complexity index is 651. The van der Waals surface area contributed by atoms with Gasteiger partial charge < -0.3 is 5.73 Å². The number of alkyl halides is 3. The molecule has 0 radical (unpaired) electrons. The molecule has 0 fully saturated rings. The maximum atomic E-state index is 12.4. The predicted octanol–water partition coefficient (Wildman–Crippen LogP) is 2.44. The summed E-state index contributed by atoms with van der Waals surface area (Å²) in [5.74, 6) is 0. The summed E-state index contributed by atoms with van der Waals surface area (Å²) in [6.07, 6.45) is -3.39. The summed E-state index contributed by atoms with van der Waals surface area (Å²) >= 11 is 0. The second-order valence-corrected chi connectivity index (χ2v) is 4.00. The molecule has 6 nitrogen and oxygen atoms in total. The zero-order valence-electron chi connectivity index (χ0n) is 9.96. The number of halogens is 3. The van der Waals surface area contributed by atoms with E-state index in [2.05, 4.69) is 5.10 Å². The van der Waals surface area contributed by atoms with Crippen LogP contribution in [-0.4, -0.2) is 14.7 Å². The molecule has 0 saturated carbocycles. The van der Waals surface area contributed by atoms with Crippen molar-refractivity contribution in [3.05, 3.63) is 51.8 Å². The van der Waals surface area contributed by atoms with E-state index in [9.17, 15) is 23.3 Å². The van der Waals surface area contributed by atoms with E-state index >= 15 is 0 Å². The average molecular weight is 286 g/mol. The maximum absolute atomic E-state index is 12.4. The highest BCUT2D eigenvalue weighted by Crippen LogP contribution is 2.28. The van der Waals surface area contributed by atoms with Crippen molar-refractivity contribution in [3.8, 4) is 0 Å². The average Bonchev–Trinajstić information content (AvgIpc) is 2.80. The standard InChI is InChI=1S/C11H9F3N4O2/c12-11(13,14)9-4-5-17(16-9)6-7-2-1-3-8(10(7)15)18(19)20/h1-5H,6,15H2. The number of aromatic nitrogens is 2. The Morgan fingerprint density at radius 2 is 2.05 bits per heavy atom. The van der Waals surface area contributed by atoms with Gasteiger partial charge in [-0.3, -0.25) is 14.8 Å². The van der Waals surface area contributed by atoms with Crippen molar-refractivity contribution < 1.29 is 18.1 Å². The smallest absolute Gasteiger partial charge is 0.393 e. The van der Waals surface area contributed by atoms with Gasteiger partial charge in [0.2, 0.25) is 0 Å².